The zero-order valence-corrected chi connectivity index (χ0v) is 13.1. The lowest BCUT2D eigenvalue weighted by Crippen LogP contribution is -2.23. The molecule has 0 aliphatic rings. The molecule has 0 aliphatic carbocycles. The zero-order valence-electron chi connectivity index (χ0n) is 13.1. The van der Waals surface area contributed by atoms with Gasteiger partial charge in [0.2, 0.25) is 5.91 Å². The van der Waals surface area contributed by atoms with Gasteiger partial charge in [0.05, 0.1) is 12.8 Å². The summed E-state index contributed by atoms with van der Waals surface area (Å²) in [5, 5.41) is 5.77. The second kappa shape index (κ2) is 8.90. The number of anilines is 1. The van der Waals surface area contributed by atoms with E-state index in [0.29, 0.717) is 13.0 Å². The first-order chi connectivity index (χ1) is 11.2. The number of ether oxygens (including phenoxy) is 1. The van der Waals surface area contributed by atoms with Crippen molar-refractivity contribution in [2.45, 2.75) is 12.8 Å². The normalized spacial score (nSPS) is 10.3. The first-order valence-corrected chi connectivity index (χ1v) is 7.57. The van der Waals surface area contributed by atoms with Gasteiger partial charge in [0.25, 0.3) is 0 Å². The second-order valence-corrected chi connectivity index (χ2v) is 5.13. The lowest BCUT2D eigenvalue weighted by molar-refractivity contribution is -0.116. The molecule has 0 atom stereocenters. The lowest BCUT2D eigenvalue weighted by Gasteiger charge is -2.07. The molecule has 4 nitrogen and oxygen atoms in total. The number of nitrogens with one attached hydrogen (secondary N) is 2. The highest BCUT2D eigenvalue weighted by atomic mass is 19.1. The summed E-state index contributed by atoms with van der Waals surface area (Å²) < 4.78 is 18.5. The van der Waals surface area contributed by atoms with Crippen LogP contribution in [-0.2, 0) is 11.2 Å². The minimum atomic E-state index is -0.423. The Bertz CT molecular complexity index is 629. The van der Waals surface area contributed by atoms with Crippen LogP contribution in [0.2, 0.25) is 0 Å². The Kier molecular flexibility index (Phi) is 6.56. The molecular weight excluding hydrogens is 295 g/mol. The number of rotatable bonds is 8. The van der Waals surface area contributed by atoms with E-state index >= 15 is 0 Å². The smallest absolute Gasteiger partial charge is 0.225 e. The van der Waals surface area contributed by atoms with Crippen molar-refractivity contribution in [3.05, 3.63) is 59.9 Å². The molecule has 2 rings (SSSR count). The molecule has 0 radical (unpaired) electrons. The van der Waals surface area contributed by atoms with E-state index in [1.165, 1.54) is 11.6 Å². The maximum Gasteiger partial charge on any atom is 0.225 e. The summed E-state index contributed by atoms with van der Waals surface area (Å²) in [6.07, 6.45) is 1.18. The van der Waals surface area contributed by atoms with Crippen molar-refractivity contribution in [3.63, 3.8) is 0 Å². The third kappa shape index (κ3) is 5.71. The minimum Gasteiger partial charge on any atom is -0.497 e. The van der Waals surface area contributed by atoms with Gasteiger partial charge in [-0.15, -0.1) is 0 Å². The zero-order chi connectivity index (χ0) is 16.5. The van der Waals surface area contributed by atoms with Crippen LogP contribution >= 0.6 is 0 Å². The summed E-state index contributed by atoms with van der Waals surface area (Å²) in [6.45, 7) is 1.33. The topological polar surface area (TPSA) is 50.4 Å². The monoisotopic (exact) mass is 316 g/mol. The summed E-state index contributed by atoms with van der Waals surface area (Å²) >= 11 is 0. The van der Waals surface area contributed by atoms with E-state index in [1.807, 2.05) is 24.3 Å². The van der Waals surface area contributed by atoms with Crippen LogP contribution in [0.15, 0.2) is 48.5 Å². The van der Waals surface area contributed by atoms with Gasteiger partial charge >= 0.3 is 0 Å². The first-order valence-electron chi connectivity index (χ1n) is 7.57. The molecule has 122 valence electrons. The van der Waals surface area contributed by atoms with Gasteiger partial charge in [-0.05, 0) is 42.8 Å². The second-order valence-electron chi connectivity index (χ2n) is 5.13. The number of para-hydroxylation sites is 1. The maximum absolute atomic E-state index is 13.4. The van der Waals surface area contributed by atoms with Crippen LogP contribution in [0.4, 0.5) is 10.1 Å². The molecule has 0 saturated heterocycles. The van der Waals surface area contributed by atoms with Crippen molar-refractivity contribution in [1.82, 2.24) is 5.32 Å². The van der Waals surface area contributed by atoms with E-state index in [-0.39, 0.29) is 11.6 Å². The molecule has 0 fully saturated rings. The van der Waals surface area contributed by atoms with Gasteiger partial charge in [0.15, 0.2) is 0 Å². The number of hydrogen-bond donors (Lipinski definition) is 2. The third-order valence-electron chi connectivity index (χ3n) is 3.43. The largest absolute Gasteiger partial charge is 0.497 e. The molecule has 2 aromatic rings. The summed E-state index contributed by atoms with van der Waals surface area (Å²) in [5.74, 6) is 0.215. The van der Waals surface area contributed by atoms with E-state index in [1.54, 1.807) is 25.3 Å². The molecule has 5 heteroatoms. The van der Waals surface area contributed by atoms with E-state index in [0.717, 1.165) is 18.7 Å². The Morgan fingerprint density at radius 2 is 1.83 bits per heavy atom. The molecule has 2 aromatic carbocycles. The molecule has 0 unspecified atom stereocenters. The van der Waals surface area contributed by atoms with Gasteiger partial charge in [0.1, 0.15) is 11.6 Å². The minimum absolute atomic E-state index is 0.202. The molecule has 2 N–H and O–H groups in total. The van der Waals surface area contributed by atoms with Gasteiger partial charge in [-0.1, -0.05) is 24.3 Å². The Morgan fingerprint density at radius 3 is 2.52 bits per heavy atom. The fourth-order valence-electron chi connectivity index (χ4n) is 2.13. The van der Waals surface area contributed by atoms with E-state index in [9.17, 15) is 9.18 Å². The molecule has 0 bridgehead atoms. The van der Waals surface area contributed by atoms with E-state index in [4.69, 9.17) is 4.74 Å². The first kappa shape index (κ1) is 17.0. The number of carbonyl (C=O) groups is 1. The lowest BCUT2D eigenvalue weighted by atomic mass is 10.1. The van der Waals surface area contributed by atoms with Crippen LogP contribution in [0, 0.1) is 5.82 Å². The fraction of sp³-hybridized carbons (Fsp3) is 0.278. The highest BCUT2D eigenvalue weighted by Crippen LogP contribution is 2.12. The predicted octanol–water partition coefficient (Wildman–Crippen LogP) is 3.00. The number of carbonyl (C=O) groups excluding carboxylic acids is 1. The Hall–Kier alpha value is -2.40. The fourth-order valence-corrected chi connectivity index (χ4v) is 2.13. The van der Waals surface area contributed by atoms with Gasteiger partial charge in [0, 0.05) is 13.0 Å². The summed E-state index contributed by atoms with van der Waals surface area (Å²) in [6, 6.07) is 14.0. The Balaban J connectivity index is 1.63. The third-order valence-corrected chi connectivity index (χ3v) is 3.43. The van der Waals surface area contributed by atoms with Crippen molar-refractivity contribution in [3.8, 4) is 5.75 Å². The number of methoxy groups -OCH3 is 1. The summed E-state index contributed by atoms with van der Waals surface area (Å²) in [5.41, 5.74) is 1.42. The molecule has 0 saturated carbocycles. The van der Waals surface area contributed by atoms with Crippen LogP contribution in [-0.4, -0.2) is 26.1 Å². The summed E-state index contributed by atoms with van der Waals surface area (Å²) in [7, 11) is 1.64. The number of benzene rings is 2. The average molecular weight is 316 g/mol. The predicted molar refractivity (Wildman–Crippen MR) is 89.2 cm³/mol. The highest BCUT2D eigenvalue weighted by Gasteiger charge is 2.05. The molecule has 0 aromatic heterocycles. The maximum atomic E-state index is 13.4. The molecule has 23 heavy (non-hydrogen) atoms. The average Bonchev–Trinajstić information content (AvgIpc) is 2.57. The van der Waals surface area contributed by atoms with Crippen LogP contribution in [0.3, 0.4) is 0 Å². The highest BCUT2D eigenvalue weighted by molar-refractivity contribution is 5.90. The quantitative estimate of drug-likeness (QED) is 0.736. The standard InChI is InChI=1S/C18H21FN2O2/c1-23-15-8-6-14(7-9-15)10-12-20-13-11-18(22)21-17-5-3-2-4-16(17)19/h2-9,20H,10-13H2,1H3,(H,21,22). The SMILES string of the molecule is COc1ccc(CCNCCC(=O)Nc2ccccc2F)cc1. The molecule has 0 heterocycles. The van der Waals surface area contributed by atoms with Crippen LogP contribution in [0.1, 0.15) is 12.0 Å². The number of amides is 1. The van der Waals surface area contributed by atoms with Crippen molar-refractivity contribution < 1.29 is 13.9 Å². The Labute approximate surface area is 135 Å². The van der Waals surface area contributed by atoms with Gasteiger partial charge in [-0.2, -0.15) is 0 Å². The van der Waals surface area contributed by atoms with Crippen LogP contribution < -0.4 is 15.4 Å². The van der Waals surface area contributed by atoms with Crippen LogP contribution in [0.25, 0.3) is 0 Å². The van der Waals surface area contributed by atoms with Crippen molar-refractivity contribution >= 4 is 11.6 Å². The van der Waals surface area contributed by atoms with Gasteiger partial charge in [-0.25, -0.2) is 4.39 Å². The molecule has 0 spiro atoms. The van der Waals surface area contributed by atoms with Crippen molar-refractivity contribution in [2.24, 2.45) is 0 Å². The van der Waals surface area contributed by atoms with E-state index < -0.39 is 5.82 Å². The number of halogens is 1. The van der Waals surface area contributed by atoms with E-state index in [2.05, 4.69) is 10.6 Å². The van der Waals surface area contributed by atoms with Crippen LogP contribution in [0.5, 0.6) is 5.75 Å². The molecular formula is C18H21FN2O2. The Morgan fingerprint density at radius 1 is 1.09 bits per heavy atom. The van der Waals surface area contributed by atoms with Gasteiger partial charge in [-0.3, -0.25) is 4.79 Å². The number of hydrogen-bond acceptors (Lipinski definition) is 3. The van der Waals surface area contributed by atoms with Gasteiger partial charge < -0.3 is 15.4 Å². The molecule has 0 aliphatic heterocycles. The summed E-state index contributed by atoms with van der Waals surface area (Å²) in [4.78, 5) is 11.7. The van der Waals surface area contributed by atoms with Crippen molar-refractivity contribution in [2.75, 3.05) is 25.5 Å². The molecule has 1 amide bonds. The van der Waals surface area contributed by atoms with Crippen molar-refractivity contribution in [1.29, 1.82) is 0 Å².